The topological polar surface area (TPSA) is 3.24 Å². The molecule has 1 aliphatic rings. The molecular weight excluding hydrogens is 611 g/mol. The average molecular weight is 644 g/mol. The van der Waals surface area contributed by atoms with Crippen LogP contribution >= 0.6 is 11.3 Å². The smallest absolute Gasteiger partial charge is 0.0540 e. The number of anilines is 3. The van der Waals surface area contributed by atoms with Gasteiger partial charge in [0.15, 0.2) is 0 Å². The zero-order chi connectivity index (χ0) is 32.7. The predicted molar refractivity (Wildman–Crippen MR) is 212 cm³/mol. The van der Waals surface area contributed by atoms with E-state index < -0.39 is 0 Å². The zero-order valence-corrected chi connectivity index (χ0v) is 28.3. The Kier molecular flexibility index (Phi) is 6.16. The highest BCUT2D eigenvalue weighted by Gasteiger charge is 2.35. The first-order valence-electron chi connectivity index (χ1n) is 17.0. The summed E-state index contributed by atoms with van der Waals surface area (Å²) in [6, 6.07) is 60.7. The standard InChI is InChI=1S/C47H33NS/c1-47(2)42-16-8-5-14-37(42)41-29-35(24-26-43(41)47)48(44-17-9-6-13-36(44)33-20-19-30-11-3-4-12-32(30)27-33)34-23-21-31-22-25-39-38-15-7-10-18-45(38)49-46(39)40(31)28-34/h3-29H,1-2H3. The molecule has 0 saturated carbocycles. The Bertz CT molecular complexity index is 2770. The van der Waals surface area contributed by atoms with Gasteiger partial charge in [-0.15, -0.1) is 11.3 Å². The molecule has 0 aliphatic heterocycles. The molecule has 0 atom stereocenters. The van der Waals surface area contributed by atoms with Crippen LogP contribution in [0.5, 0.6) is 0 Å². The Morgan fingerprint density at radius 3 is 2.04 bits per heavy atom. The Balaban J connectivity index is 1.24. The van der Waals surface area contributed by atoms with Crippen molar-refractivity contribution >= 4 is 70.1 Å². The van der Waals surface area contributed by atoms with Crippen molar-refractivity contribution in [1.29, 1.82) is 0 Å². The third kappa shape index (κ3) is 4.31. The Morgan fingerprint density at radius 1 is 0.449 bits per heavy atom. The highest BCUT2D eigenvalue weighted by molar-refractivity contribution is 7.26. The SMILES string of the molecule is CC1(C)c2ccccc2-c2cc(N(c3ccc4ccc5c6ccccc6sc5c4c3)c3ccccc3-c3ccc4ccccc4c3)ccc21. The van der Waals surface area contributed by atoms with Crippen molar-refractivity contribution in [1.82, 2.24) is 0 Å². The minimum absolute atomic E-state index is 0.0476. The van der Waals surface area contributed by atoms with Crippen LogP contribution in [-0.4, -0.2) is 0 Å². The van der Waals surface area contributed by atoms with Crippen LogP contribution in [0.1, 0.15) is 25.0 Å². The first-order valence-corrected chi connectivity index (χ1v) is 17.8. The quantitative estimate of drug-likeness (QED) is 0.184. The van der Waals surface area contributed by atoms with Crippen molar-refractivity contribution in [3.63, 3.8) is 0 Å². The van der Waals surface area contributed by atoms with Gasteiger partial charge in [0.25, 0.3) is 0 Å². The second-order valence-corrected chi connectivity index (χ2v) is 14.8. The number of rotatable bonds is 4. The molecule has 0 N–H and O–H groups in total. The molecule has 49 heavy (non-hydrogen) atoms. The molecule has 2 heteroatoms. The lowest BCUT2D eigenvalue weighted by Crippen LogP contribution is -2.15. The van der Waals surface area contributed by atoms with Crippen LogP contribution in [0.4, 0.5) is 17.1 Å². The van der Waals surface area contributed by atoms with Gasteiger partial charge in [0, 0.05) is 47.9 Å². The van der Waals surface area contributed by atoms with Crippen LogP contribution in [0, 0.1) is 0 Å². The molecule has 0 saturated heterocycles. The lowest BCUT2D eigenvalue weighted by atomic mass is 9.82. The number of benzene rings is 8. The number of nitrogens with zero attached hydrogens (tertiary/aromatic N) is 1. The maximum atomic E-state index is 2.48. The van der Waals surface area contributed by atoms with Gasteiger partial charge in [0.05, 0.1) is 5.69 Å². The third-order valence-electron chi connectivity index (χ3n) is 10.6. The molecule has 1 aromatic heterocycles. The van der Waals surface area contributed by atoms with Crippen molar-refractivity contribution in [2.75, 3.05) is 4.90 Å². The van der Waals surface area contributed by atoms with Gasteiger partial charge >= 0.3 is 0 Å². The molecule has 10 rings (SSSR count). The van der Waals surface area contributed by atoms with Crippen LogP contribution in [0.15, 0.2) is 164 Å². The molecule has 0 bridgehead atoms. The maximum Gasteiger partial charge on any atom is 0.0540 e. The fourth-order valence-corrected chi connectivity index (χ4v) is 9.40. The maximum absolute atomic E-state index is 2.48. The number of para-hydroxylation sites is 1. The molecule has 0 radical (unpaired) electrons. The van der Waals surface area contributed by atoms with E-state index >= 15 is 0 Å². The van der Waals surface area contributed by atoms with Gasteiger partial charge in [-0.2, -0.15) is 0 Å². The largest absolute Gasteiger partial charge is 0.310 e. The molecule has 8 aromatic carbocycles. The first-order chi connectivity index (χ1) is 24.0. The lowest BCUT2D eigenvalue weighted by molar-refractivity contribution is 0.660. The number of hydrogen-bond donors (Lipinski definition) is 0. The molecule has 0 amide bonds. The minimum Gasteiger partial charge on any atom is -0.310 e. The van der Waals surface area contributed by atoms with E-state index in [1.165, 1.54) is 75.1 Å². The van der Waals surface area contributed by atoms with Crippen molar-refractivity contribution < 1.29 is 0 Å². The highest BCUT2D eigenvalue weighted by atomic mass is 32.1. The summed E-state index contributed by atoms with van der Waals surface area (Å²) in [5.74, 6) is 0. The van der Waals surface area contributed by atoms with Crippen LogP contribution in [0.3, 0.4) is 0 Å². The molecule has 1 aliphatic carbocycles. The second kappa shape index (κ2) is 10.7. The fourth-order valence-electron chi connectivity index (χ4n) is 8.17. The molecule has 232 valence electrons. The summed E-state index contributed by atoms with van der Waals surface area (Å²) in [5, 5.41) is 7.70. The van der Waals surface area contributed by atoms with Crippen LogP contribution in [-0.2, 0) is 5.41 Å². The van der Waals surface area contributed by atoms with Crippen LogP contribution < -0.4 is 4.90 Å². The summed E-state index contributed by atoms with van der Waals surface area (Å²) in [6.07, 6.45) is 0. The van der Waals surface area contributed by atoms with Gasteiger partial charge in [-0.1, -0.05) is 135 Å². The van der Waals surface area contributed by atoms with Crippen LogP contribution in [0.25, 0.3) is 64.0 Å². The highest BCUT2D eigenvalue weighted by Crippen LogP contribution is 2.51. The summed E-state index contributed by atoms with van der Waals surface area (Å²) in [7, 11) is 0. The van der Waals surface area contributed by atoms with Crippen molar-refractivity contribution in [2.24, 2.45) is 0 Å². The minimum atomic E-state index is -0.0476. The zero-order valence-electron chi connectivity index (χ0n) is 27.4. The molecule has 0 fully saturated rings. The van der Waals surface area contributed by atoms with E-state index in [0.717, 1.165) is 17.1 Å². The fraction of sp³-hybridized carbons (Fsp3) is 0.0638. The number of fused-ring (bicyclic) bond motifs is 9. The summed E-state index contributed by atoms with van der Waals surface area (Å²) in [5.41, 5.74) is 11.2. The van der Waals surface area contributed by atoms with Gasteiger partial charge in [0.1, 0.15) is 0 Å². The average Bonchev–Trinajstić information content (AvgIpc) is 3.64. The van der Waals surface area contributed by atoms with Gasteiger partial charge in [-0.25, -0.2) is 0 Å². The van der Waals surface area contributed by atoms with E-state index in [1.807, 2.05) is 11.3 Å². The molecule has 9 aromatic rings. The van der Waals surface area contributed by atoms with Gasteiger partial charge in [0.2, 0.25) is 0 Å². The van der Waals surface area contributed by atoms with E-state index in [1.54, 1.807) is 0 Å². The predicted octanol–water partition coefficient (Wildman–Crippen LogP) is 13.8. The monoisotopic (exact) mass is 643 g/mol. The summed E-state index contributed by atoms with van der Waals surface area (Å²) in [4.78, 5) is 2.48. The lowest BCUT2D eigenvalue weighted by Gasteiger charge is -2.29. The Labute approximate surface area is 290 Å². The number of thiophene rings is 1. The number of hydrogen-bond acceptors (Lipinski definition) is 2. The normalized spacial score (nSPS) is 13.3. The van der Waals surface area contributed by atoms with E-state index in [0.29, 0.717) is 0 Å². The summed E-state index contributed by atoms with van der Waals surface area (Å²) in [6.45, 7) is 4.70. The molecule has 1 heterocycles. The molecule has 1 nitrogen and oxygen atoms in total. The molecule has 0 unspecified atom stereocenters. The molecule has 0 spiro atoms. The summed E-state index contributed by atoms with van der Waals surface area (Å²) < 4.78 is 2.67. The van der Waals surface area contributed by atoms with Gasteiger partial charge < -0.3 is 4.90 Å². The Hall–Kier alpha value is -5.70. The van der Waals surface area contributed by atoms with E-state index in [-0.39, 0.29) is 5.41 Å². The van der Waals surface area contributed by atoms with Crippen molar-refractivity contribution in [3.05, 3.63) is 175 Å². The molecular formula is C47H33NS. The van der Waals surface area contributed by atoms with Crippen molar-refractivity contribution in [2.45, 2.75) is 19.3 Å². The third-order valence-corrected chi connectivity index (χ3v) is 11.9. The van der Waals surface area contributed by atoms with Crippen LogP contribution in [0.2, 0.25) is 0 Å². The van der Waals surface area contributed by atoms with Gasteiger partial charge in [-0.3, -0.25) is 0 Å². The summed E-state index contributed by atoms with van der Waals surface area (Å²) >= 11 is 1.89. The van der Waals surface area contributed by atoms with E-state index in [2.05, 4.69) is 183 Å². The first kappa shape index (κ1) is 28.3. The van der Waals surface area contributed by atoms with Crippen molar-refractivity contribution in [3.8, 4) is 22.3 Å². The Morgan fingerprint density at radius 2 is 1.12 bits per heavy atom. The van der Waals surface area contributed by atoms with E-state index in [4.69, 9.17) is 0 Å². The van der Waals surface area contributed by atoms with Gasteiger partial charge in [-0.05, 0) is 86.4 Å². The van der Waals surface area contributed by atoms with E-state index in [9.17, 15) is 0 Å². The second-order valence-electron chi connectivity index (χ2n) is 13.8.